The Bertz CT molecular complexity index is 939. The third-order valence-electron chi connectivity index (χ3n) is 4.61. The van der Waals surface area contributed by atoms with Crippen LogP contribution >= 0.6 is 0 Å². The van der Waals surface area contributed by atoms with E-state index in [9.17, 15) is 14.9 Å². The summed E-state index contributed by atoms with van der Waals surface area (Å²) in [5, 5.41) is 22.3. The highest BCUT2D eigenvalue weighted by Gasteiger charge is 2.05. The molecule has 2 aromatic rings. The first-order valence-electron chi connectivity index (χ1n) is 10.2. The van der Waals surface area contributed by atoms with Crippen molar-refractivity contribution >= 4 is 28.7 Å². The number of nitrogens with one attached hydrogen (secondary N) is 1. The van der Waals surface area contributed by atoms with Gasteiger partial charge in [-0.2, -0.15) is 5.11 Å². The molecule has 31 heavy (non-hydrogen) atoms. The van der Waals surface area contributed by atoms with Gasteiger partial charge in [0.1, 0.15) is 5.69 Å². The molecule has 0 saturated carbocycles. The molecule has 2 rings (SSSR count). The molecule has 0 aliphatic rings. The Morgan fingerprint density at radius 1 is 1.10 bits per heavy atom. The van der Waals surface area contributed by atoms with E-state index in [-0.39, 0.29) is 11.7 Å². The first-order chi connectivity index (χ1) is 14.9. The number of aryl methyl sites for hydroxylation is 1. The summed E-state index contributed by atoms with van der Waals surface area (Å²) in [6, 6.07) is 11.9. The summed E-state index contributed by atoms with van der Waals surface area (Å²) in [5.41, 5.74) is 3.76. The number of ether oxygens (including phenoxy) is 1. The molecule has 0 atom stereocenters. The Labute approximate surface area is 182 Å². The van der Waals surface area contributed by atoms with Crippen molar-refractivity contribution in [3.63, 3.8) is 0 Å². The fourth-order valence-corrected chi connectivity index (χ4v) is 2.85. The number of esters is 1. The number of benzene rings is 2. The van der Waals surface area contributed by atoms with Crippen molar-refractivity contribution in [2.45, 2.75) is 39.0 Å². The molecule has 0 fully saturated rings. The van der Waals surface area contributed by atoms with Gasteiger partial charge in [0.2, 0.25) is 0 Å². The van der Waals surface area contributed by atoms with Crippen LogP contribution in [0, 0.1) is 10.1 Å². The third kappa shape index (κ3) is 8.00. The second kappa shape index (κ2) is 12.2. The van der Waals surface area contributed by atoms with Crippen molar-refractivity contribution < 1.29 is 14.5 Å². The van der Waals surface area contributed by atoms with Crippen LogP contribution in [0.5, 0.6) is 0 Å². The summed E-state index contributed by atoms with van der Waals surface area (Å²) in [6.45, 7) is 5.64. The normalized spacial score (nSPS) is 10.8. The molecule has 1 N–H and O–H groups in total. The predicted octanol–water partition coefficient (Wildman–Crippen LogP) is 6.27. The number of nitro groups is 1. The number of nitrogens with zero attached hydrogens (tertiary/aromatic N) is 3. The molecule has 2 aromatic carbocycles. The first-order valence-corrected chi connectivity index (χ1v) is 10.2. The maximum atomic E-state index is 11.3. The molecule has 8 nitrogen and oxygen atoms in total. The lowest BCUT2D eigenvalue weighted by atomic mass is 10.0. The average molecular weight is 425 g/mol. The van der Waals surface area contributed by atoms with Crippen LogP contribution < -0.4 is 5.32 Å². The zero-order valence-electron chi connectivity index (χ0n) is 18.0. The smallest absolute Gasteiger partial charge is 0.333 e. The van der Waals surface area contributed by atoms with E-state index in [2.05, 4.69) is 28.2 Å². The topological polar surface area (TPSA) is 106 Å². The van der Waals surface area contributed by atoms with Gasteiger partial charge in [0.15, 0.2) is 0 Å². The zero-order valence-corrected chi connectivity index (χ0v) is 18.0. The fourth-order valence-electron chi connectivity index (χ4n) is 2.85. The van der Waals surface area contributed by atoms with Crippen molar-refractivity contribution in [1.29, 1.82) is 0 Å². The van der Waals surface area contributed by atoms with E-state index >= 15 is 0 Å². The Kier molecular flexibility index (Phi) is 9.35. The molecule has 0 unspecified atom stereocenters. The SMILES string of the molecule is C=C(C)C(=O)OCCCCCCc1ccc(N=Nc2ccc([N+](=O)[O-])cc2)c(NC)c1. The summed E-state index contributed by atoms with van der Waals surface area (Å²) >= 11 is 0. The highest BCUT2D eigenvalue weighted by Crippen LogP contribution is 2.29. The van der Waals surface area contributed by atoms with Gasteiger partial charge in [-0.25, -0.2) is 4.79 Å². The van der Waals surface area contributed by atoms with Crippen LogP contribution in [0.4, 0.5) is 22.7 Å². The molecule has 0 bridgehead atoms. The Hall–Kier alpha value is -3.55. The van der Waals surface area contributed by atoms with Crippen molar-refractivity contribution in [3.05, 3.63) is 70.3 Å². The number of hydrogen-bond donors (Lipinski definition) is 1. The van der Waals surface area contributed by atoms with Crippen molar-refractivity contribution in [2.75, 3.05) is 19.0 Å². The molecule has 0 saturated heterocycles. The Balaban J connectivity index is 1.82. The zero-order chi connectivity index (χ0) is 22.6. The van der Waals surface area contributed by atoms with E-state index in [0.717, 1.165) is 37.8 Å². The molecule has 0 aliphatic heterocycles. The van der Waals surface area contributed by atoms with E-state index in [1.165, 1.54) is 17.7 Å². The van der Waals surface area contributed by atoms with E-state index in [1.807, 2.05) is 19.2 Å². The monoisotopic (exact) mass is 424 g/mol. The second-order valence-corrected chi connectivity index (χ2v) is 7.16. The maximum absolute atomic E-state index is 11.3. The van der Waals surface area contributed by atoms with Crippen LogP contribution in [-0.2, 0) is 16.0 Å². The first kappa shape index (κ1) is 23.7. The van der Waals surface area contributed by atoms with Crippen LogP contribution in [-0.4, -0.2) is 24.5 Å². The lowest BCUT2D eigenvalue weighted by Crippen LogP contribution is -2.06. The van der Waals surface area contributed by atoms with Crippen molar-refractivity contribution in [1.82, 2.24) is 0 Å². The van der Waals surface area contributed by atoms with Gasteiger partial charge in [-0.3, -0.25) is 10.1 Å². The number of azo groups is 1. The molecule has 8 heteroatoms. The van der Waals surface area contributed by atoms with Crippen molar-refractivity contribution in [3.8, 4) is 0 Å². The summed E-state index contributed by atoms with van der Waals surface area (Å²) in [6.07, 6.45) is 4.90. The van der Waals surface area contributed by atoms with Gasteiger partial charge in [0.25, 0.3) is 5.69 Å². The molecule has 164 valence electrons. The number of unbranched alkanes of at least 4 members (excludes halogenated alkanes) is 3. The number of non-ortho nitro benzene ring substituents is 1. The number of carbonyl (C=O) groups is 1. The van der Waals surface area contributed by atoms with Crippen LogP contribution in [0.3, 0.4) is 0 Å². The Morgan fingerprint density at radius 2 is 1.81 bits per heavy atom. The van der Waals surface area contributed by atoms with Gasteiger partial charge < -0.3 is 10.1 Å². The highest BCUT2D eigenvalue weighted by atomic mass is 16.6. The largest absolute Gasteiger partial charge is 0.462 e. The quantitative estimate of drug-likeness (QED) is 0.108. The average Bonchev–Trinajstić information content (AvgIpc) is 2.77. The Morgan fingerprint density at radius 3 is 2.45 bits per heavy atom. The minimum Gasteiger partial charge on any atom is -0.462 e. The number of hydrogen-bond acceptors (Lipinski definition) is 7. The number of carbonyl (C=O) groups excluding carboxylic acids is 1. The van der Waals surface area contributed by atoms with Gasteiger partial charge in [0.05, 0.1) is 22.9 Å². The summed E-state index contributed by atoms with van der Waals surface area (Å²) in [7, 11) is 1.83. The van der Waals surface area contributed by atoms with Crippen LogP contribution in [0.25, 0.3) is 0 Å². The minimum absolute atomic E-state index is 0.0205. The van der Waals surface area contributed by atoms with Crippen molar-refractivity contribution in [2.24, 2.45) is 10.2 Å². The molecule has 0 aromatic heterocycles. The van der Waals surface area contributed by atoms with E-state index in [1.54, 1.807) is 19.1 Å². The number of rotatable bonds is 12. The molecule has 0 amide bonds. The summed E-state index contributed by atoms with van der Waals surface area (Å²) in [5.74, 6) is -0.328. The molecular weight excluding hydrogens is 396 g/mol. The fraction of sp³-hybridized carbons (Fsp3) is 0.348. The number of nitro benzene ring substituents is 1. The minimum atomic E-state index is -0.447. The predicted molar refractivity (Wildman–Crippen MR) is 121 cm³/mol. The van der Waals surface area contributed by atoms with E-state index in [4.69, 9.17) is 4.74 Å². The van der Waals surface area contributed by atoms with Gasteiger partial charge in [-0.05, 0) is 56.0 Å². The molecule has 0 radical (unpaired) electrons. The number of anilines is 1. The lowest BCUT2D eigenvalue weighted by molar-refractivity contribution is -0.384. The van der Waals surface area contributed by atoms with Crippen LogP contribution in [0.15, 0.2) is 64.8 Å². The van der Waals surface area contributed by atoms with Crippen LogP contribution in [0.1, 0.15) is 38.2 Å². The molecule has 0 spiro atoms. The van der Waals surface area contributed by atoms with Crippen LogP contribution in [0.2, 0.25) is 0 Å². The summed E-state index contributed by atoms with van der Waals surface area (Å²) < 4.78 is 5.09. The lowest BCUT2D eigenvalue weighted by Gasteiger charge is -2.08. The maximum Gasteiger partial charge on any atom is 0.333 e. The van der Waals surface area contributed by atoms with E-state index in [0.29, 0.717) is 23.6 Å². The van der Waals surface area contributed by atoms with Gasteiger partial charge in [-0.1, -0.05) is 25.5 Å². The third-order valence-corrected chi connectivity index (χ3v) is 4.61. The second-order valence-electron chi connectivity index (χ2n) is 7.16. The highest BCUT2D eigenvalue weighted by molar-refractivity contribution is 5.86. The molecular formula is C23H28N4O4. The summed E-state index contributed by atoms with van der Waals surface area (Å²) in [4.78, 5) is 21.6. The molecule has 0 heterocycles. The van der Waals surface area contributed by atoms with Gasteiger partial charge in [0, 0.05) is 24.8 Å². The van der Waals surface area contributed by atoms with Gasteiger partial charge in [-0.15, -0.1) is 5.11 Å². The molecule has 0 aliphatic carbocycles. The van der Waals surface area contributed by atoms with E-state index < -0.39 is 4.92 Å². The van der Waals surface area contributed by atoms with Gasteiger partial charge >= 0.3 is 5.97 Å². The standard InChI is InChI=1S/C23H28N4O4/c1-17(2)23(28)31-15-7-5-4-6-8-18-9-14-21(22(16-18)24-3)26-25-19-10-12-20(13-11-19)27(29)30/h9-14,16,24H,1,4-8,15H2,2-3H3.